The molecule has 0 rings (SSSR count). The van der Waals surface area contributed by atoms with Crippen LogP contribution in [0.1, 0.15) is 73.6 Å². The quantitative estimate of drug-likeness (QED) is 0.261. The van der Waals surface area contributed by atoms with E-state index in [-0.39, 0.29) is 18.3 Å². The molecule has 0 aliphatic heterocycles. The SMILES string of the molecule is C=CCCC[Si](OC(C)CC)(OC(C)CC)OC(C)CC. The van der Waals surface area contributed by atoms with Crippen LogP contribution in [0.5, 0.6) is 0 Å². The minimum absolute atomic E-state index is 0.175. The molecule has 3 atom stereocenters. The van der Waals surface area contributed by atoms with E-state index in [1.807, 2.05) is 6.08 Å². The standard InChI is InChI=1S/C17H36O3Si/c1-8-12-13-14-21(18-15(5)9-2,19-16(6)10-3)20-17(7)11-4/h8,15-17H,1,9-14H2,2-7H3. The van der Waals surface area contributed by atoms with Crippen LogP contribution in [0.2, 0.25) is 6.04 Å². The van der Waals surface area contributed by atoms with Crippen molar-refractivity contribution >= 4 is 8.80 Å². The Bertz CT molecular complexity index is 239. The van der Waals surface area contributed by atoms with E-state index in [4.69, 9.17) is 13.3 Å². The highest BCUT2D eigenvalue weighted by Gasteiger charge is 2.44. The van der Waals surface area contributed by atoms with Crippen molar-refractivity contribution in [1.82, 2.24) is 0 Å². The van der Waals surface area contributed by atoms with E-state index in [9.17, 15) is 0 Å². The lowest BCUT2D eigenvalue weighted by molar-refractivity contribution is -0.0110. The molecule has 0 fully saturated rings. The summed E-state index contributed by atoms with van der Waals surface area (Å²) in [6.45, 7) is 16.5. The van der Waals surface area contributed by atoms with Crippen molar-refractivity contribution in [2.75, 3.05) is 0 Å². The molecule has 4 heteroatoms. The summed E-state index contributed by atoms with van der Waals surface area (Å²) < 4.78 is 19.0. The molecule has 0 aromatic rings. The largest absolute Gasteiger partial charge is 0.501 e. The Balaban J connectivity index is 5.08. The lowest BCUT2D eigenvalue weighted by Gasteiger charge is -2.36. The summed E-state index contributed by atoms with van der Waals surface area (Å²) in [5, 5.41) is 0. The predicted molar refractivity (Wildman–Crippen MR) is 92.5 cm³/mol. The van der Waals surface area contributed by atoms with Gasteiger partial charge in [-0.1, -0.05) is 26.8 Å². The molecule has 0 spiro atoms. The van der Waals surface area contributed by atoms with Crippen molar-refractivity contribution in [2.45, 2.75) is 98.0 Å². The van der Waals surface area contributed by atoms with E-state index in [1.165, 1.54) is 0 Å². The fourth-order valence-corrected chi connectivity index (χ4v) is 5.39. The zero-order chi connectivity index (χ0) is 16.3. The van der Waals surface area contributed by atoms with Crippen molar-refractivity contribution in [3.05, 3.63) is 12.7 Å². The molecule has 0 aliphatic carbocycles. The molecule has 0 saturated carbocycles. The van der Waals surface area contributed by atoms with E-state index in [0.29, 0.717) is 0 Å². The molecule has 0 aliphatic rings. The summed E-state index contributed by atoms with van der Waals surface area (Å²) in [5.74, 6) is 0. The van der Waals surface area contributed by atoms with Gasteiger partial charge in [-0.3, -0.25) is 0 Å². The third-order valence-corrected chi connectivity index (χ3v) is 7.01. The molecule has 0 aromatic carbocycles. The van der Waals surface area contributed by atoms with Crippen LogP contribution in [0.4, 0.5) is 0 Å². The summed E-state index contributed by atoms with van der Waals surface area (Å²) in [6, 6.07) is 0.873. The maximum atomic E-state index is 6.34. The van der Waals surface area contributed by atoms with E-state index >= 15 is 0 Å². The molecular formula is C17H36O3Si. The van der Waals surface area contributed by atoms with Gasteiger partial charge in [0, 0.05) is 24.4 Å². The third kappa shape index (κ3) is 8.76. The minimum atomic E-state index is -2.63. The summed E-state index contributed by atoms with van der Waals surface area (Å²) in [4.78, 5) is 0. The second-order valence-electron chi connectivity index (χ2n) is 5.87. The van der Waals surface area contributed by atoms with E-state index < -0.39 is 8.80 Å². The van der Waals surface area contributed by atoms with Crippen molar-refractivity contribution < 1.29 is 13.3 Å². The van der Waals surface area contributed by atoms with Gasteiger partial charge in [-0.15, -0.1) is 6.58 Å². The van der Waals surface area contributed by atoms with Crippen LogP contribution in [-0.2, 0) is 13.3 Å². The van der Waals surface area contributed by atoms with Crippen LogP contribution in [0.15, 0.2) is 12.7 Å². The van der Waals surface area contributed by atoms with Crippen molar-refractivity contribution in [3.63, 3.8) is 0 Å². The number of unbranched alkanes of at least 4 members (excludes halogenated alkanes) is 1. The Labute approximate surface area is 133 Å². The van der Waals surface area contributed by atoms with Gasteiger partial charge in [0.15, 0.2) is 0 Å². The summed E-state index contributed by atoms with van der Waals surface area (Å²) >= 11 is 0. The molecule has 0 radical (unpaired) electrons. The topological polar surface area (TPSA) is 27.7 Å². The molecule has 126 valence electrons. The Kier molecular flexibility index (Phi) is 11.3. The number of hydrogen-bond donors (Lipinski definition) is 0. The fourth-order valence-electron chi connectivity index (χ4n) is 1.89. The molecule has 3 nitrogen and oxygen atoms in total. The van der Waals surface area contributed by atoms with Crippen LogP contribution in [-0.4, -0.2) is 27.1 Å². The van der Waals surface area contributed by atoms with Gasteiger partial charge < -0.3 is 13.3 Å². The first-order valence-corrected chi connectivity index (χ1v) is 10.5. The van der Waals surface area contributed by atoms with Crippen molar-refractivity contribution in [3.8, 4) is 0 Å². The Morgan fingerprint density at radius 2 is 1.24 bits per heavy atom. The number of rotatable bonds is 13. The third-order valence-electron chi connectivity index (χ3n) is 3.76. The van der Waals surface area contributed by atoms with Crippen LogP contribution >= 0.6 is 0 Å². The van der Waals surface area contributed by atoms with Gasteiger partial charge in [-0.25, -0.2) is 0 Å². The van der Waals surface area contributed by atoms with Gasteiger partial charge in [0.25, 0.3) is 0 Å². The van der Waals surface area contributed by atoms with Crippen LogP contribution in [0.25, 0.3) is 0 Å². The summed E-state index contributed by atoms with van der Waals surface area (Å²) in [7, 11) is -2.63. The Morgan fingerprint density at radius 1 is 0.857 bits per heavy atom. The predicted octanol–water partition coefficient (Wildman–Crippen LogP) is 5.34. The second kappa shape index (κ2) is 11.4. The average Bonchev–Trinajstić information content (AvgIpc) is 2.46. The highest BCUT2D eigenvalue weighted by Crippen LogP contribution is 2.26. The molecule has 0 saturated heterocycles. The van der Waals surface area contributed by atoms with Gasteiger partial charge >= 0.3 is 8.80 Å². The van der Waals surface area contributed by atoms with Crippen molar-refractivity contribution in [2.24, 2.45) is 0 Å². The normalized spacial score (nSPS) is 18.8. The Morgan fingerprint density at radius 3 is 1.52 bits per heavy atom. The number of hydrogen-bond acceptors (Lipinski definition) is 3. The molecule has 0 amide bonds. The molecular weight excluding hydrogens is 280 g/mol. The van der Waals surface area contributed by atoms with Crippen LogP contribution in [0, 0.1) is 0 Å². The van der Waals surface area contributed by atoms with Gasteiger partial charge in [-0.05, 0) is 52.9 Å². The average molecular weight is 317 g/mol. The monoisotopic (exact) mass is 316 g/mol. The summed E-state index contributed by atoms with van der Waals surface area (Å²) in [6.07, 6.45) is 7.40. The van der Waals surface area contributed by atoms with Crippen LogP contribution in [0.3, 0.4) is 0 Å². The van der Waals surface area contributed by atoms with Gasteiger partial charge in [-0.2, -0.15) is 0 Å². The minimum Gasteiger partial charge on any atom is -0.371 e. The maximum Gasteiger partial charge on any atom is 0.501 e. The van der Waals surface area contributed by atoms with Crippen molar-refractivity contribution in [1.29, 1.82) is 0 Å². The molecule has 0 N–H and O–H groups in total. The maximum absolute atomic E-state index is 6.34. The fraction of sp³-hybridized carbons (Fsp3) is 0.882. The van der Waals surface area contributed by atoms with Gasteiger partial charge in [0.1, 0.15) is 0 Å². The summed E-state index contributed by atoms with van der Waals surface area (Å²) in [5.41, 5.74) is 0. The van der Waals surface area contributed by atoms with Crippen LogP contribution < -0.4 is 0 Å². The molecule has 3 unspecified atom stereocenters. The van der Waals surface area contributed by atoms with E-state index in [2.05, 4.69) is 48.1 Å². The first kappa shape index (κ1) is 20.8. The molecule has 21 heavy (non-hydrogen) atoms. The first-order chi connectivity index (χ1) is 9.92. The lowest BCUT2D eigenvalue weighted by atomic mass is 10.3. The van der Waals surface area contributed by atoms with Gasteiger partial charge in [0.05, 0.1) is 0 Å². The number of allylic oxidation sites excluding steroid dienone is 1. The highest BCUT2D eigenvalue weighted by molar-refractivity contribution is 6.60. The van der Waals surface area contributed by atoms with E-state index in [1.54, 1.807) is 0 Å². The highest BCUT2D eigenvalue weighted by atomic mass is 28.4. The van der Waals surface area contributed by atoms with Gasteiger partial charge in [0.2, 0.25) is 0 Å². The zero-order valence-corrected chi connectivity index (χ0v) is 16.0. The lowest BCUT2D eigenvalue weighted by Crippen LogP contribution is -2.51. The molecule has 0 bridgehead atoms. The molecule has 0 aromatic heterocycles. The first-order valence-electron chi connectivity index (χ1n) is 8.57. The molecule has 0 heterocycles. The second-order valence-corrected chi connectivity index (χ2v) is 8.45. The van der Waals surface area contributed by atoms with E-state index in [0.717, 1.165) is 38.1 Å². The smallest absolute Gasteiger partial charge is 0.371 e. The zero-order valence-electron chi connectivity index (χ0n) is 15.0. The Hall–Kier alpha value is -0.163.